The highest BCUT2D eigenvalue weighted by Gasteiger charge is 2.28. The number of aromatic amines is 1. The fourth-order valence-corrected chi connectivity index (χ4v) is 3.49. The number of H-pyrrole nitrogens is 1. The molecule has 19 heavy (non-hydrogen) atoms. The number of hydrogen-bond acceptors (Lipinski definition) is 3. The Hall–Kier alpha value is -0.870. The fourth-order valence-electron chi connectivity index (χ4n) is 3.49. The predicted molar refractivity (Wildman–Crippen MR) is 75.0 cm³/mol. The summed E-state index contributed by atoms with van der Waals surface area (Å²) in [6.07, 6.45) is 8.36. The van der Waals surface area contributed by atoms with Gasteiger partial charge in [0.05, 0.1) is 17.9 Å². The lowest BCUT2D eigenvalue weighted by Gasteiger charge is -2.38. The van der Waals surface area contributed by atoms with E-state index in [-0.39, 0.29) is 0 Å². The maximum Gasteiger partial charge on any atom is 0.0552 e. The van der Waals surface area contributed by atoms with Gasteiger partial charge in [-0.05, 0) is 50.6 Å². The quantitative estimate of drug-likeness (QED) is 0.911. The van der Waals surface area contributed by atoms with Crippen LogP contribution in [0.3, 0.4) is 0 Å². The first-order valence-electron chi connectivity index (χ1n) is 7.66. The fraction of sp³-hybridized carbons (Fsp3) is 0.800. The van der Waals surface area contributed by atoms with Gasteiger partial charge in [0, 0.05) is 19.8 Å². The average Bonchev–Trinajstić information content (AvgIpc) is 2.87. The molecule has 1 unspecified atom stereocenters. The highest BCUT2D eigenvalue weighted by atomic mass is 16.5. The van der Waals surface area contributed by atoms with Crippen molar-refractivity contribution in [1.82, 2.24) is 15.1 Å². The molecule has 106 valence electrons. The SMILES string of the molecule is Cc1cn[nH]c1C1CCCCN1CC1CCOCC1. The van der Waals surface area contributed by atoms with Gasteiger partial charge in [-0.3, -0.25) is 10.00 Å². The highest BCUT2D eigenvalue weighted by Crippen LogP contribution is 2.32. The van der Waals surface area contributed by atoms with Crippen molar-refractivity contribution >= 4 is 0 Å². The van der Waals surface area contributed by atoms with Gasteiger partial charge >= 0.3 is 0 Å². The third-order valence-electron chi connectivity index (χ3n) is 4.65. The Kier molecular flexibility index (Phi) is 4.18. The van der Waals surface area contributed by atoms with E-state index in [1.165, 1.54) is 56.5 Å². The molecule has 0 aromatic carbocycles. The summed E-state index contributed by atoms with van der Waals surface area (Å²) >= 11 is 0. The van der Waals surface area contributed by atoms with Crippen LogP contribution in [0.4, 0.5) is 0 Å². The smallest absolute Gasteiger partial charge is 0.0552 e. The minimum atomic E-state index is 0.555. The Morgan fingerprint density at radius 1 is 1.32 bits per heavy atom. The van der Waals surface area contributed by atoms with Crippen molar-refractivity contribution in [2.45, 2.75) is 45.1 Å². The molecule has 3 rings (SSSR count). The van der Waals surface area contributed by atoms with Crippen molar-refractivity contribution < 1.29 is 4.74 Å². The third-order valence-corrected chi connectivity index (χ3v) is 4.65. The first-order chi connectivity index (χ1) is 9.34. The van der Waals surface area contributed by atoms with Crippen molar-refractivity contribution in [3.63, 3.8) is 0 Å². The number of nitrogens with one attached hydrogen (secondary N) is 1. The molecule has 0 amide bonds. The summed E-state index contributed by atoms with van der Waals surface area (Å²) in [7, 11) is 0. The molecule has 4 nitrogen and oxygen atoms in total. The molecule has 4 heteroatoms. The van der Waals surface area contributed by atoms with E-state index >= 15 is 0 Å². The van der Waals surface area contributed by atoms with Crippen LogP contribution in [0.2, 0.25) is 0 Å². The molecule has 1 atom stereocenters. The molecule has 0 bridgehead atoms. The Morgan fingerprint density at radius 3 is 2.89 bits per heavy atom. The molecule has 2 fully saturated rings. The molecule has 0 spiro atoms. The molecule has 0 saturated carbocycles. The van der Waals surface area contributed by atoms with E-state index < -0.39 is 0 Å². The molecule has 0 radical (unpaired) electrons. The molecule has 0 aliphatic carbocycles. The topological polar surface area (TPSA) is 41.2 Å². The van der Waals surface area contributed by atoms with Crippen molar-refractivity contribution in [3.05, 3.63) is 17.5 Å². The van der Waals surface area contributed by atoms with Gasteiger partial charge in [0.25, 0.3) is 0 Å². The van der Waals surface area contributed by atoms with Crippen LogP contribution < -0.4 is 0 Å². The van der Waals surface area contributed by atoms with Crippen LogP contribution in [0.5, 0.6) is 0 Å². The number of aryl methyl sites for hydroxylation is 1. The number of likely N-dealkylation sites (tertiary alicyclic amines) is 1. The first kappa shape index (κ1) is 13.1. The first-order valence-corrected chi connectivity index (χ1v) is 7.66. The second-order valence-electron chi connectivity index (χ2n) is 6.03. The lowest BCUT2D eigenvalue weighted by molar-refractivity contribution is 0.0376. The van der Waals surface area contributed by atoms with Gasteiger partial charge in [-0.25, -0.2) is 0 Å². The zero-order valence-corrected chi connectivity index (χ0v) is 11.9. The lowest BCUT2D eigenvalue weighted by Crippen LogP contribution is -2.38. The van der Waals surface area contributed by atoms with Gasteiger partial charge in [0.2, 0.25) is 0 Å². The summed E-state index contributed by atoms with van der Waals surface area (Å²) in [6, 6.07) is 0.555. The molecule has 1 aromatic heterocycles. The van der Waals surface area contributed by atoms with Crippen molar-refractivity contribution in [1.29, 1.82) is 0 Å². The van der Waals surface area contributed by atoms with Crippen molar-refractivity contribution in [2.24, 2.45) is 5.92 Å². The highest BCUT2D eigenvalue weighted by molar-refractivity contribution is 5.18. The molecule has 3 heterocycles. The van der Waals surface area contributed by atoms with E-state index in [2.05, 4.69) is 22.0 Å². The van der Waals surface area contributed by atoms with Crippen LogP contribution in [-0.2, 0) is 4.74 Å². The summed E-state index contributed by atoms with van der Waals surface area (Å²) in [5, 5.41) is 7.43. The summed E-state index contributed by atoms with van der Waals surface area (Å²) in [5.41, 5.74) is 2.65. The van der Waals surface area contributed by atoms with Gasteiger partial charge in [-0.15, -0.1) is 0 Å². The zero-order chi connectivity index (χ0) is 13.1. The van der Waals surface area contributed by atoms with Crippen LogP contribution in [0.25, 0.3) is 0 Å². The molecule has 2 saturated heterocycles. The van der Waals surface area contributed by atoms with E-state index in [0.717, 1.165) is 19.1 Å². The van der Waals surface area contributed by atoms with Crippen LogP contribution in [0.15, 0.2) is 6.20 Å². The van der Waals surface area contributed by atoms with E-state index in [9.17, 15) is 0 Å². The van der Waals surface area contributed by atoms with Gasteiger partial charge in [0.1, 0.15) is 0 Å². The maximum absolute atomic E-state index is 5.47. The number of hydrogen-bond donors (Lipinski definition) is 1. The van der Waals surface area contributed by atoms with Gasteiger partial charge in [-0.2, -0.15) is 5.10 Å². The zero-order valence-electron chi connectivity index (χ0n) is 11.9. The largest absolute Gasteiger partial charge is 0.381 e. The van der Waals surface area contributed by atoms with Crippen LogP contribution in [0, 0.1) is 12.8 Å². The minimum absolute atomic E-state index is 0.555. The minimum Gasteiger partial charge on any atom is -0.381 e. The van der Waals surface area contributed by atoms with E-state index in [4.69, 9.17) is 4.74 Å². The second kappa shape index (κ2) is 6.06. The Labute approximate surface area is 115 Å². The van der Waals surface area contributed by atoms with E-state index in [0.29, 0.717) is 6.04 Å². The second-order valence-corrected chi connectivity index (χ2v) is 6.03. The van der Waals surface area contributed by atoms with Gasteiger partial charge < -0.3 is 4.74 Å². The number of ether oxygens (including phenoxy) is 1. The molecule has 2 aliphatic heterocycles. The molecule has 1 aromatic rings. The van der Waals surface area contributed by atoms with Gasteiger partial charge in [-0.1, -0.05) is 6.42 Å². The number of aromatic nitrogens is 2. The monoisotopic (exact) mass is 263 g/mol. The van der Waals surface area contributed by atoms with Crippen molar-refractivity contribution in [2.75, 3.05) is 26.3 Å². The Bertz CT molecular complexity index is 398. The Balaban J connectivity index is 1.68. The summed E-state index contributed by atoms with van der Waals surface area (Å²) in [5.74, 6) is 0.817. The molecular formula is C15H25N3O. The van der Waals surface area contributed by atoms with Gasteiger partial charge in [0.15, 0.2) is 0 Å². The standard InChI is InChI=1S/C15H25N3O/c1-12-10-16-17-15(12)14-4-2-3-7-18(14)11-13-5-8-19-9-6-13/h10,13-14H,2-9,11H2,1H3,(H,16,17). The number of rotatable bonds is 3. The van der Waals surface area contributed by atoms with Crippen LogP contribution >= 0.6 is 0 Å². The lowest BCUT2D eigenvalue weighted by atomic mass is 9.93. The van der Waals surface area contributed by atoms with Crippen molar-refractivity contribution in [3.8, 4) is 0 Å². The molecule has 1 N–H and O–H groups in total. The van der Waals surface area contributed by atoms with E-state index in [1.54, 1.807) is 0 Å². The molecular weight excluding hydrogens is 238 g/mol. The third kappa shape index (κ3) is 3.00. The van der Waals surface area contributed by atoms with E-state index in [1.807, 2.05) is 6.20 Å². The summed E-state index contributed by atoms with van der Waals surface area (Å²) in [4.78, 5) is 2.68. The molecule has 2 aliphatic rings. The number of piperidine rings is 1. The average molecular weight is 263 g/mol. The predicted octanol–water partition coefficient (Wildman–Crippen LogP) is 2.67. The Morgan fingerprint density at radius 2 is 2.16 bits per heavy atom. The maximum atomic E-state index is 5.47. The summed E-state index contributed by atoms with van der Waals surface area (Å²) in [6.45, 7) is 6.53. The van der Waals surface area contributed by atoms with Crippen LogP contribution in [-0.4, -0.2) is 41.4 Å². The summed E-state index contributed by atoms with van der Waals surface area (Å²) < 4.78 is 5.47. The number of nitrogens with zero attached hydrogens (tertiary/aromatic N) is 2. The van der Waals surface area contributed by atoms with Crippen LogP contribution in [0.1, 0.15) is 49.4 Å². The normalized spacial score (nSPS) is 26.7.